The number of aromatic nitrogens is 1. The van der Waals surface area contributed by atoms with Gasteiger partial charge in [-0.1, -0.05) is 18.2 Å². The summed E-state index contributed by atoms with van der Waals surface area (Å²) in [6.07, 6.45) is 0. The number of carbonyl (C=O) groups excluding carboxylic acids is 2. The summed E-state index contributed by atoms with van der Waals surface area (Å²) in [6, 6.07) is 13.0. The van der Waals surface area contributed by atoms with Crippen LogP contribution >= 0.6 is 0 Å². The molecule has 0 radical (unpaired) electrons. The average molecular weight is 380 g/mol. The van der Waals surface area contributed by atoms with Crippen LogP contribution in [-0.2, 0) is 9.53 Å². The molecule has 8 heteroatoms. The highest BCUT2D eigenvalue weighted by molar-refractivity contribution is 6.04. The largest absolute Gasteiger partial charge is 0.486 e. The number of rotatable bonds is 4. The van der Waals surface area contributed by atoms with Gasteiger partial charge in [0.2, 0.25) is 5.56 Å². The number of aromatic amines is 1. The zero-order valence-electron chi connectivity index (χ0n) is 14.7. The molecule has 1 aromatic heterocycles. The van der Waals surface area contributed by atoms with Gasteiger partial charge in [-0.15, -0.1) is 0 Å². The summed E-state index contributed by atoms with van der Waals surface area (Å²) >= 11 is 0. The third-order valence-corrected chi connectivity index (χ3v) is 4.13. The SMILES string of the molecule is O=C(COC(=O)c1cc(=O)[nH]c2ccccc12)Nc1ccc2c(c1)OCCO2. The van der Waals surface area contributed by atoms with Crippen molar-refractivity contribution in [2.45, 2.75) is 0 Å². The van der Waals surface area contributed by atoms with Crippen molar-refractivity contribution >= 4 is 28.5 Å². The molecule has 1 aliphatic heterocycles. The molecule has 2 heterocycles. The summed E-state index contributed by atoms with van der Waals surface area (Å²) in [5.41, 5.74) is 0.687. The molecule has 4 rings (SSSR count). The number of H-pyrrole nitrogens is 1. The van der Waals surface area contributed by atoms with E-state index in [1.165, 1.54) is 0 Å². The zero-order chi connectivity index (χ0) is 19.5. The Hall–Kier alpha value is -3.81. The van der Waals surface area contributed by atoms with Crippen molar-refractivity contribution in [3.05, 3.63) is 64.4 Å². The molecule has 2 N–H and O–H groups in total. The van der Waals surface area contributed by atoms with Gasteiger partial charge in [-0.05, 0) is 18.2 Å². The molecule has 1 amide bonds. The summed E-state index contributed by atoms with van der Waals surface area (Å²) in [4.78, 5) is 38.9. The van der Waals surface area contributed by atoms with Gasteiger partial charge in [0.15, 0.2) is 18.1 Å². The number of carbonyl (C=O) groups is 2. The lowest BCUT2D eigenvalue weighted by Gasteiger charge is -2.19. The zero-order valence-corrected chi connectivity index (χ0v) is 14.7. The van der Waals surface area contributed by atoms with Gasteiger partial charge >= 0.3 is 5.97 Å². The predicted molar refractivity (Wildman–Crippen MR) is 101 cm³/mol. The van der Waals surface area contributed by atoms with Crippen LogP contribution in [0.4, 0.5) is 5.69 Å². The van der Waals surface area contributed by atoms with E-state index in [-0.39, 0.29) is 5.56 Å². The standard InChI is InChI=1S/C20H16N2O6/c23-18-10-14(13-3-1-2-4-15(13)22-18)20(25)28-11-19(24)21-12-5-6-16-17(9-12)27-8-7-26-16/h1-6,9-10H,7-8,11H2,(H,21,24)(H,22,23). The second kappa shape index (κ2) is 7.43. The molecule has 142 valence electrons. The van der Waals surface area contributed by atoms with Crippen molar-refractivity contribution in [2.75, 3.05) is 25.1 Å². The van der Waals surface area contributed by atoms with Crippen LogP contribution in [0.15, 0.2) is 53.3 Å². The summed E-state index contributed by atoms with van der Waals surface area (Å²) in [6.45, 7) is 0.423. The van der Waals surface area contributed by atoms with E-state index in [0.717, 1.165) is 6.07 Å². The van der Waals surface area contributed by atoms with E-state index in [1.807, 2.05) is 0 Å². The number of ether oxygens (including phenoxy) is 3. The number of anilines is 1. The molecule has 0 fully saturated rings. The first-order valence-corrected chi connectivity index (χ1v) is 8.59. The van der Waals surface area contributed by atoms with Gasteiger partial charge in [0.1, 0.15) is 13.2 Å². The molecule has 0 bridgehead atoms. The van der Waals surface area contributed by atoms with Crippen molar-refractivity contribution < 1.29 is 23.8 Å². The maximum Gasteiger partial charge on any atom is 0.339 e. The van der Waals surface area contributed by atoms with Gasteiger partial charge in [0, 0.05) is 28.7 Å². The first kappa shape index (κ1) is 17.6. The van der Waals surface area contributed by atoms with Gasteiger partial charge < -0.3 is 24.5 Å². The minimum atomic E-state index is -0.750. The van der Waals surface area contributed by atoms with Crippen LogP contribution in [0.1, 0.15) is 10.4 Å². The normalized spacial score (nSPS) is 12.4. The predicted octanol–water partition coefficient (Wildman–Crippen LogP) is 2.09. The smallest absolute Gasteiger partial charge is 0.339 e. The second-order valence-corrected chi connectivity index (χ2v) is 6.08. The van der Waals surface area contributed by atoms with Gasteiger partial charge in [-0.2, -0.15) is 0 Å². The number of nitrogens with one attached hydrogen (secondary N) is 2. The Kier molecular flexibility index (Phi) is 4.67. The van der Waals surface area contributed by atoms with Crippen LogP contribution < -0.4 is 20.3 Å². The van der Waals surface area contributed by atoms with E-state index < -0.39 is 24.0 Å². The summed E-state index contributed by atoms with van der Waals surface area (Å²) in [7, 11) is 0. The van der Waals surface area contributed by atoms with Crippen molar-refractivity contribution in [1.82, 2.24) is 4.98 Å². The van der Waals surface area contributed by atoms with Crippen LogP contribution in [0.2, 0.25) is 0 Å². The van der Waals surface area contributed by atoms with Gasteiger partial charge in [0.05, 0.1) is 5.56 Å². The molecule has 0 atom stereocenters. The van der Waals surface area contributed by atoms with Gasteiger partial charge in [-0.25, -0.2) is 4.79 Å². The Labute approximate surface area is 159 Å². The van der Waals surface area contributed by atoms with Crippen molar-refractivity contribution in [3.63, 3.8) is 0 Å². The molecule has 0 aliphatic carbocycles. The molecule has 8 nitrogen and oxygen atoms in total. The highest BCUT2D eigenvalue weighted by Crippen LogP contribution is 2.32. The van der Waals surface area contributed by atoms with E-state index >= 15 is 0 Å². The van der Waals surface area contributed by atoms with E-state index in [9.17, 15) is 14.4 Å². The van der Waals surface area contributed by atoms with Gasteiger partial charge in [-0.3, -0.25) is 9.59 Å². The van der Waals surface area contributed by atoms with Crippen molar-refractivity contribution in [2.24, 2.45) is 0 Å². The van der Waals surface area contributed by atoms with Crippen LogP contribution in [0.3, 0.4) is 0 Å². The topological polar surface area (TPSA) is 107 Å². The Bertz CT molecular complexity index is 1120. The van der Waals surface area contributed by atoms with E-state index in [0.29, 0.717) is 41.3 Å². The quantitative estimate of drug-likeness (QED) is 0.672. The molecule has 28 heavy (non-hydrogen) atoms. The Morgan fingerprint density at radius 2 is 1.82 bits per heavy atom. The maximum absolute atomic E-state index is 12.4. The highest BCUT2D eigenvalue weighted by atomic mass is 16.6. The van der Waals surface area contributed by atoms with E-state index in [2.05, 4.69) is 10.3 Å². The number of fused-ring (bicyclic) bond motifs is 2. The van der Waals surface area contributed by atoms with Crippen LogP contribution in [0.5, 0.6) is 11.5 Å². The molecule has 0 saturated carbocycles. The molecule has 0 spiro atoms. The van der Waals surface area contributed by atoms with Crippen molar-refractivity contribution in [3.8, 4) is 11.5 Å². The van der Waals surface area contributed by atoms with E-state index in [1.54, 1.807) is 42.5 Å². The molecule has 3 aromatic rings. The molecular weight excluding hydrogens is 364 g/mol. The minimum Gasteiger partial charge on any atom is -0.486 e. The summed E-state index contributed by atoms with van der Waals surface area (Å²) in [5, 5.41) is 3.17. The number of pyridine rings is 1. The second-order valence-electron chi connectivity index (χ2n) is 6.08. The molecule has 2 aromatic carbocycles. The Morgan fingerprint density at radius 3 is 2.68 bits per heavy atom. The fraction of sp³-hybridized carbons (Fsp3) is 0.150. The fourth-order valence-electron chi connectivity index (χ4n) is 2.90. The van der Waals surface area contributed by atoms with Gasteiger partial charge in [0.25, 0.3) is 5.91 Å². The fourth-order valence-corrected chi connectivity index (χ4v) is 2.90. The maximum atomic E-state index is 12.4. The molecular formula is C20H16N2O6. The first-order chi connectivity index (χ1) is 13.6. The van der Waals surface area contributed by atoms with Crippen LogP contribution in [0.25, 0.3) is 10.9 Å². The highest BCUT2D eigenvalue weighted by Gasteiger charge is 2.16. The number of benzene rings is 2. The lowest BCUT2D eigenvalue weighted by molar-refractivity contribution is -0.119. The summed E-state index contributed by atoms with van der Waals surface area (Å²) < 4.78 is 16.0. The number of amides is 1. The van der Waals surface area contributed by atoms with E-state index in [4.69, 9.17) is 14.2 Å². The first-order valence-electron chi connectivity index (χ1n) is 8.59. The van der Waals surface area contributed by atoms with Crippen LogP contribution in [0, 0.1) is 0 Å². The monoisotopic (exact) mass is 380 g/mol. The third kappa shape index (κ3) is 3.66. The molecule has 0 unspecified atom stereocenters. The minimum absolute atomic E-state index is 0.103. The third-order valence-electron chi connectivity index (χ3n) is 4.13. The Morgan fingerprint density at radius 1 is 1.04 bits per heavy atom. The number of hydrogen-bond donors (Lipinski definition) is 2. The van der Waals surface area contributed by atoms with Crippen LogP contribution in [-0.4, -0.2) is 36.7 Å². The summed E-state index contributed by atoms with van der Waals surface area (Å²) in [5.74, 6) is -0.119. The average Bonchev–Trinajstić information content (AvgIpc) is 2.71. The number of para-hydroxylation sites is 1. The molecule has 0 saturated heterocycles. The Balaban J connectivity index is 1.43. The lowest BCUT2D eigenvalue weighted by Crippen LogP contribution is -2.22. The number of hydrogen-bond acceptors (Lipinski definition) is 6. The molecule has 1 aliphatic rings. The lowest BCUT2D eigenvalue weighted by atomic mass is 10.1. The number of esters is 1. The van der Waals surface area contributed by atoms with Crippen molar-refractivity contribution in [1.29, 1.82) is 0 Å².